The molecule has 6 heteroatoms. The van der Waals surface area contributed by atoms with Gasteiger partial charge in [0.25, 0.3) is 6.43 Å². The van der Waals surface area contributed by atoms with E-state index in [0.717, 1.165) is 0 Å². The minimum atomic E-state index is -2.42. The number of halogens is 4. The highest BCUT2D eigenvalue weighted by molar-refractivity contribution is 9.10. The summed E-state index contributed by atoms with van der Waals surface area (Å²) >= 11 is 3.32. The molecule has 19 heavy (non-hydrogen) atoms. The molecule has 1 aromatic carbocycles. The monoisotopic (exact) mass is 330 g/mol. The lowest BCUT2D eigenvalue weighted by Gasteiger charge is -2.17. The fraction of sp³-hybridized carbons (Fsp3) is 0.308. The first-order valence-corrected chi connectivity index (χ1v) is 6.61. The molecule has 0 spiro atoms. The molecule has 1 aliphatic carbocycles. The average Bonchev–Trinajstić information content (AvgIpc) is 3.10. The molecule has 2 aromatic rings. The smallest absolute Gasteiger partial charge is 0.261 e. The number of aromatic nitrogens is 2. The maximum absolute atomic E-state index is 13.1. The summed E-state index contributed by atoms with van der Waals surface area (Å²) in [5.41, 5.74) is 0.119. The Morgan fingerprint density at radius 1 is 1.21 bits per heavy atom. The topological polar surface area (TPSA) is 17.8 Å². The summed E-state index contributed by atoms with van der Waals surface area (Å²) in [4.78, 5) is 4.16. The van der Waals surface area contributed by atoms with Gasteiger partial charge in [-0.1, -0.05) is 0 Å². The molecule has 0 radical (unpaired) electrons. The summed E-state index contributed by atoms with van der Waals surface area (Å²) in [5.74, 6) is -0.342. The van der Waals surface area contributed by atoms with E-state index in [2.05, 4.69) is 20.9 Å². The summed E-state index contributed by atoms with van der Waals surface area (Å²) in [6, 6.07) is 5.80. The van der Waals surface area contributed by atoms with E-state index in [1.807, 2.05) is 0 Å². The van der Waals surface area contributed by atoms with Gasteiger partial charge in [-0.3, -0.25) is 0 Å². The zero-order valence-electron chi connectivity index (χ0n) is 9.78. The average molecular weight is 331 g/mol. The minimum absolute atomic E-state index is 0.342. The first kappa shape index (κ1) is 12.7. The van der Waals surface area contributed by atoms with Gasteiger partial charge in [-0.25, -0.2) is 18.2 Å². The van der Waals surface area contributed by atoms with E-state index in [-0.39, 0.29) is 5.82 Å². The van der Waals surface area contributed by atoms with Crippen molar-refractivity contribution in [2.45, 2.75) is 24.8 Å². The number of hydrogen-bond donors (Lipinski definition) is 0. The van der Waals surface area contributed by atoms with Crippen molar-refractivity contribution < 1.29 is 13.2 Å². The molecule has 3 rings (SSSR count). The summed E-state index contributed by atoms with van der Waals surface area (Å²) in [7, 11) is 0. The Labute approximate surface area is 116 Å². The second kappa shape index (κ2) is 4.37. The second-order valence-corrected chi connectivity index (χ2v) is 5.42. The molecule has 0 N–H and O–H groups in total. The summed E-state index contributed by atoms with van der Waals surface area (Å²) in [5, 5.41) is 0. The van der Waals surface area contributed by atoms with Gasteiger partial charge in [-0.2, -0.15) is 0 Å². The van der Waals surface area contributed by atoms with Crippen LogP contribution in [-0.2, 0) is 5.54 Å². The third-order valence-electron chi connectivity index (χ3n) is 3.48. The fourth-order valence-electron chi connectivity index (χ4n) is 2.14. The van der Waals surface area contributed by atoms with Gasteiger partial charge in [0.15, 0.2) is 0 Å². The molecule has 0 unspecified atom stereocenters. The first-order chi connectivity index (χ1) is 9.04. The Balaban J connectivity index is 2.02. The van der Waals surface area contributed by atoms with E-state index in [1.54, 1.807) is 12.1 Å². The molecule has 0 amide bonds. The molecule has 1 aromatic heterocycles. The molecule has 1 heterocycles. The lowest BCUT2D eigenvalue weighted by Crippen LogP contribution is -2.25. The zero-order chi connectivity index (χ0) is 13.6. The maximum atomic E-state index is 13.1. The van der Waals surface area contributed by atoms with Crippen LogP contribution in [0.25, 0.3) is 11.3 Å². The van der Waals surface area contributed by atoms with Crippen LogP contribution in [0.15, 0.2) is 35.2 Å². The third kappa shape index (κ3) is 1.98. The van der Waals surface area contributed by atoms with Gasteiger partial charge in [-0.15, -0.1) is 0 Å². The number of imidazole rings is 1. The van der Waals surface area contributed by atoms with Gasteiger partial charge in [0.05, 0.1) is 6.33 Å². The predicted octanol–water partition coefficient (Wildman–Crippen LogP) is 4.21. The van der Waals surface area contributed by atoms with Crippen molar-refractivity contribution in [3.63, 3.8) is 0 Å². The van der Waals surface area contributed by atoms with E-state index in [1.165, 1.54) is 23.0 Å². The molecule has 0 saturated heterocycles. The predicted molar refractivity (Wildman–Crippen MR) is 68.5 cm³/mol. The van der Waals surface area contributed by atoms with Crippen molar-refractivity contribution in [2.24, 2.45) is 0 Å². The summed E-state index contributed by atoms with van der Waals surface area (Å²) in [6.45, 7) is 0. The van der Waals surface area contributed by atoms with Crippen LogP contribution in [-0.4, -0.2) is 16.0 Å². The van der Waals surface area contributed by atoms with Crippen molar-refractivity contribution in [1.82, 2.24) is 9.55 Å². The lowest BCUT2D eigenvalue weighted by atomic mass is 10.2. The van der Waals surface area contributed by atoms with Crippen molar-refractivity contribution in [2.75, 3.05) is 0 Å². The highest BCUT2D eigenvalue weighted by Crippen LogP contribution is 2.50. The van der Waals surface area contributed by atoms with Crippen LogP contribution in [0.3, 0.4) is 0 Å². The highest BCUT2D eigenvalue weighted by atomic mass is 79.9. The molecular formula is C13H10BrF3N2. The van der Waals surface area contributed by atoms with Gasteiger partial charge in [-0.05, 0) is 53.0 Å². The lowest BCUT2D eigenvalue weighted by molar-refractivity contribution is 0.0660. The molecule has 100 valence electrons. The molecule has 1 saturated carbocycles. The van der Waals surface area contributed by atoms with Crippen molar-refractivity contribution in [1.29, 1.82) is 0 Å². The van der Waals surface area contributed by atoms with E-state index in [0.29, 0.717) is 28.7 Å². The van der Waals surface area contributed by atoms with E-state index >= 15 is 0 Å². The minimum Gasteiger partial charge on any atom is -0.313 e. The van der Waals surface area contributed by atoms with Crippen LogP contribution in [0, 0.1) is 5.82 Å². The van der Waals surface area contributed by atoms with Crippen molar-refractivity contribution in [3.05, 3.63) is 41.0 Å². The summed E-state index contributed by atoms with van der Waals surface area (Å²) < 4.78 is 41.0. The quantitative estimate of drug-likeness (QED) is 0.824. The highest BCUT2D eigenvalue weighted by Gasteiger charge is 2.53. The van der Waals surface area contributed by atoms with Crippen LogP contribution in [0.4, 0.5) is 13.2 Å². The van der Waals surface area contributed by atoms with Crippen LogP contribution >= 0.6 is 15.9 Å². The third-order valence-corrected chi connectivity index (χ3v) is 4.23. The van der Waals surface area contributed by atoms with Crippen LogP contribution < -0.4 is 0 Å². The van der Waals surface area contributed by atoms with Gasteiger partial charge < -0.3 is 4.57 Å². The van der Waals surface area contributed by atoms with Crippen molar-refractivity contribution >= 4 is 15.9 Å². The van der Waals surface area contributed by atoms with Gasteiger partial charge in [0, 0.05) is 5.56 Å². The number of alkyl halides is 2. The number of rotatable bonds is 3. The Morgan fingerprint density at radius 3 is 2.37 bits per heavy atom. The van der Waals surface area contributed by atoms with Gasteiger partial charge in [0.1, 0.15) is 21.7 Å². The molecule has 0 bridgehead atoms. The molecule has 1 fully saturated rings. The van der Waals surface area contributed by atoms with Crippen LogP contribution in [0.5, 0.6) is 0 Å². The Kier molecular flexibility index (Phi) is 2.92. The van der Waals surface area contributed by atoms with E-state index < -0.39 is 12.0 Å². The van der Waals surface area contributed by atoms with E-state index in [4.69, 9.17) is 0 Å². The second-order valence-electron chi connectivity index (χ2n) is 4.67. The Hall–Kier alpha value is -1.30. The molecule has 0 aliphatic heterocycles. The number of nitrogens with zero attached hydrogens (tertiary/aromatic N) is 2. The normalized spacial score (nSPS) is 16.9. The number of benzene rings is 1. The maximum Gasteiger partial charge on any atom is 0.261 e. The van der Waals surface area contributed by atoms with Gasteiger partial charge in [0.2, 0.25) is 0 Å². The molecular weight excluding hydrogens is 321 g/mol. The van der Waals surface area contributed by atoms with E-state index in [9.17, 15) is 13.2 Å². The van der Waals surface area contributed by atoms with Gasteiger partial charge >= 0.3 is 0 Å². The fourth-order valence-corrected chi connectivity index (χ4v) is 2.91. The van der Waals surface area contributed by atoms with Crippen LogP contribution in [0.2, 0.25) is 0 Å². The Bertz CT molecular complexity index is 603. The van der Waals surface area contributed by atoms with Crippen LogP contribution in [0.1, 0.15) is 12.8 Å². The molecule has 0 atom stereocenters. The first-order valence-electron chi connectivity index (χ1n) is 5.82. The molecule has 2 nitrogen and oxygen atoms in total. The standard InChI is InChI=1S/C13H10BrF3N2/c14-11-10(8-1-3-9(15)4-2-8)18-7-19(11)13(5-6-13)12(16)17/h1-4,7,12H,5-6H2. The Morgan fingerprint density at radius 2 is 1.84 bits per heavy atom. The number of hydrogen-bond acceptors (Lipinski definition) is 1. The summed E-state index contributed by atoms with van der Waals surface area (Å²) in [6.07, 6.45) is -0.105. The SMILES string of the molecule is Fc1ccc(-c2ncn(C3(C(F)F)CC3)c2Br)cc1. The largest absolute Gasteiger partial charge is 0.313 e. The molecule has 1 aliphatic rings. The van der Waals surface area contributed by atoms with Crippen molar-refractivity contribution in [3.8, 4) is 11.3 Å². The zero-order valence-corrected chi connectivity index (χ0v) is 11.4.